The van der Waals surface area contributed by atoms with E-state index in [1.165, 1.54) is 12.1 Å². The van der Waals surface area contributed by atoms with Gasteiger partial charge in [0.25, 0.3) is 11.6 Å². The third-order valence-electron chi connectivity index (χ3n) is 4.00. The lowest BCUT2D eigenvalue weighted by molar-refractivity contribution is -0.297. The van der Waals surface area contributed by atoms with E-state index in [0.29, 0.717) is 11.1 Å². The molecule has 1 atom stereocenters. The Morgan fingerprint density at radius 1 is 1.16 bits per heavy atom. The highest BCUT2D eigenvalue weighted by Gasteiger charge is 2.63. The summed E-state index contributed by atoms with van der Waals surface area (Å²) >= 11 is 0. The summed E-state index contributed by atoms with van der Waals surface area (Å²) in [6.07, 6.45) is -5.87. The Kier molecular flexibility index (Phi) is 4.12. The van der Waals surface area contributed by atoms with Crippen LogP contribution in [0, 0.1) is 6.92 Å². The number of carbonyl (C=O) groups is 1. The second-order valence-corrected chi connectivity index (χ2v) is 5.89. The van der Waals surface area contributed by atoms with Crippen LogP contribution in [0.25, 0.3) is 0 Å². The zero-order valence-corrected chi connectivity index (χ0v) is 13.3. The normalized spacial score (nSPS) is 20.5. The lowest BCUT2D eigenvalue weighted by Crippen LogP contribution is -2.56. The molecule has 0 unspecified atom stereocenters. The molecule has 3 rings (SSSR count). The number of alkyl halides is 3. The molecule has 0 radical (unpaired) electrons. The lowest BCUT2D eigenvalue weighted by Gasteiger charge is -2.32. The van der Waals surface area contributed by atoms with Crippen LogP contribution in [-0.4, -0.2) is 33.6 Å². The molecule has 1 aliphatic heterocycles. The number of hydrazone groups is 1. The smallest absolute Gasteiger partial charge is 0.362 e. The fraction of sp³-hybridized carbons (Fsp3) is 0.222. The number of amides is 1. The second kappa shape index (κ2) is 6.00. The first-order chi connectivity index (χ1) is 11.7. The van der Waals surface area contributed by atoms with Crippen LogP contribution < -0.4 is 0 Å². The van der Waals surface area contributed by atoms with Gasteiger partial charge >= 0.3 is 6.18 Å². The molecule has 1 aliphatic rings. The molecule has 130 valence electrons. The summed E-state index contributed by atoms with van der Waals surface area (Å²) in [5.41, 5.74) is -2.21. The monoisotopic (exact) mass is 348 g/mol. The summed E-state index contributed by atoms with van der Waals surface area (Å²) in [5.74, 6) is -1.01. The van der Waals surface area contributed by atoms with Crippen molar-refractivity contribution in [2.45, 2.75) is 25.2 Å². The standard InChI is InChI=1S/C18H15F3N2O2/c1-12-6-5-9-14(10-12)16(24)23-17(25,18(19,20)21)11-15(22-23)13-7-3-2-4-8-13/h2-10,25H,11H2,1H3/t17-/m1/s1. The minimum Gasteiger partial charge on any atom is -0.362 e. The quantitative estimate of drug-likeness (QED) is 0.903. The van der Waals surface area contributed by atoms with Crippen LogP contribution in [0.1, 0.15) is 27.9 Å². The number of carbonyl (C=O) groups excluding carboxylic acids is 1. The molecule has 0 spiro atoms. The number of hydrogen-bond acceptors (Lipinski definition) is 3. The van der Waals surface area contributed by atoms with Gasteiger partial charge in [-0.25, -0.2) is 0 Å². The van der Waals surface area contributed by atoms with E-state index in [1.54, 1.807) is 49.4 Å². The highest BCUT2D eigenvalue weighted by Crippen LogP contribution is 2.41. The van der Waals surface area contributed by atoms with Gasteiger partial charge in [-0.05, 0) is 24.6 Å². The van der Waals surface area contributed by atoms with Crippen LogP contribution in [-0.2, 0) is 0 Å². The minimum absolute atomic E-state index is 0.00132. The average Bonchev–Trinajstić information content (AvgIpc) is 2.94. The first-order valence-electron chi connectivity index (χ1n) is 7.55. The van der Waals surface area contributed by atoms with Gasteiger partial charge < -0.3 is 5.11 Å². The molecule has 0 aromatic heterocycles. The summed E-state index contributed by atoms with van der Waals surface area (Å²) in [6, 6.07) is 14.3. The number of aryl methyl sites for hydroxylation is 1. The van der Waals surface area contributed by atoms with Gasteiger partial charge in [-0.3, -0.25) is 4.79 Å². The van der Waals surface area contributed by atoms with Crippen LogP contribution >= 0.6 is 0 Å². The molecule has 0 fully saturated rings. The maximum atomic E-state index is 13.5. The first-order valence-corrected chi connectivity index (χ1v) is 7.55. The molecule has 2 aromatic rings. The van der Waals surface area contributed by atoms with Gasteiger partial charge in [-0.2, -0.15) is 23.3 Å². The largest absolute Gasteiger partial charge is 0.438 e. The van der Waals surface area contributed by atoms with Crippen molar-refractivity contribution >= 4 is 11.6 Å². The third-order valence-corrected chi connectivity index (χ3v) is 4.00. The summed E-state index contributed by atoms with van der Waals surface area (Å²) in [7, 11) is 0. The summed E-state index contributed by atoms with van der Waals surface area (Å²) in [4.78, 5) is 12.6. The van der Waals surface area contributed by atoms with Crippen molar-refractivity contribution in [1.82, 2.24) is 5.01 Å². The van der Waals surface area contributed by atoms with Gasteiger partial charge in [0.05, 0.1) is 12.1 Å². The first kappa shape index (κ1) is 17.2. The highest BCUT2D eigenvalue weighted by atomic mass is 19.4. The van der Waals surface area contributed by atoms with Gasteiger partial charge in [0.1, 0.15) is 0 Å². The van der Waals surface area contributed by atoms with Crippen LogP contribution in [0.4, 0.5) is 13.2 Å². The van der Waals surface area contributed by atoms with Crippen molar-refractivity contribution in [3.05, 3.63) is 71.3 Å². The van der Waals surface area contributed by atoms with E-state index < -0.39 is 24.2 Å². The van der Waals surface area contributed by atoms with Crippen LogP contribution in [0.3, 0.4) is 0 Å². The predicted octanol–water partition coefficient (Wildman–Crippen LogP) is 3.50. The van der Waals surface area contributed by atoms with Crippen molar-refractivity contribution in [2.75, 3.05) is 0 Å². The van der Waals surface area contributed by atoms with Crippen LogP contribution in [0.15, 0.2) is 59.7 Å². The predicted molar refractivity (Wildman–Crippen MR) is 85.9 cm³/mol. The molecule has 25 heavy (non-hydrogen) atoms. The summed E-state index contributed by atoms with van der Waals surface area (Å²) < 4.78 is 40.6. The van der Waals surface area contributed by atoms with Crippen molar-refractivity contribution in [1.29, 1.82) is 0 Å². The third kappa shape index (κ3) is 3.02. The SMILES string of the molecule is Cc1cccc(C(=O)N2N=C(c3ccccc3)C[C@@]2(O)C(F)(F)F)c1. The van der Waals surface area contributed by atoms with E-state index in [1.807, 2.05) is 0 Å². The summed E-state index contributed by atoms with van der Waals surface area (Å²) in [5, 5.41) is 14.2. The topological polar surface area (TPSA) is 52.9 Å². The average molecular weight is 348 g/mol. The van der Waals surface area contributed by atoms with Crippen LogP contribution in [0.2, 0.25) is 0 Å². The van der Waals surface area contributed by atoms with Crippen molar-refractivity contribution in [3.63, 3.8) is 0 Å². The molecule has 0 saturated carbocycles. The van der Waals surface area contributed by atoms with Crippen molar-refractivity contribution in [2.24, 2.45) is 5.10 Å². The van der Waals surface area contributed by atoms with Gasteiger partial charge in [0.15, 0.2) is 0 Å². The number of nitrogens with zero attached hydrogens (tertiary/aromatic N) is 2. The number of hydrogen-bond donors (Lipinski definition) is 1. The molecule has 1 amide bonds. The van der Waals surface area contributed by atoms with Gasteiger partial charge in [-0.1, -0.05) is 48.0 Å². The van der Waals surface area contributed by atoms with Gasteiger partial charge in [-0.15, -0.1) is 0 Å². The van der Waals surface area contributed by atoms with E-state index in [0.717, 1.165) is 0 Å². The molecule has 1 heterocycles. The lowest BCUT2D eigenvalue weighted by atomic mass is 10.0. The number of benzene rings is 2. The van der Waals surface area contributed by atoms with E-state index in [2.05, 4.69) is 5.10 Å². The fourth-order valence-corrected chi connectivity index (χ4v) is 2.67. The maximum Gasteiger partial charge on any atom is 0.438 e. The zero-order valence-electron chi connectivity index (χ0n) is 13.3. The Hall–Kier alpha value is -2.67. The van der Waals surface area contributed by atoms with E-state index in [9.17, 15) is 23.1 Å². The van der Waals surface area contributed by atoms with E-state index >= 15 is 0 Å². The van der Waals surface area contributed by atoms with Gasteiger partial charge in [0.2, 0.25) is 0 Å². The molecule has 0 aliphatic carbocycles. The van der Waals surface area contributed by atoms with Gasteiger partial charge in [0, 0.05) is 5.56 Å². The molecular formula is C18H15F3N2O2. The zero-order chi connectivity index (χ0) is 18.2. The molecule has 0 saturated heterocycles. The Morgan fingerprint density at radius 2 is 1.84 bits per heavy atom. The molecule has 7 heteroatoms. The molecule has 0 bridgehead atoms. The Labute approximate surface area is 142 Å². The second-order valence-electron chi connectivity index (χ2n) is 5.89. The minimum atomic E-state index is -5.05. The van der Waals surface area contributed by atoms with E-state index in [-0.39, 0.29) is 16.3 Å². The molecule has 4 nitrogen and oxygen atoms in total. The van der Waals surface area contributed by atoms with Crippen molar-refractivity contribution < 1.29 is 23.1 Å². The van der Waals surface area contributed by atoms with Crippen LogP contribution in [0.5, 0.6) is 0 Å². The van der Waals surface area contributed by atoms with E-state index in [4.69, 9.17) is 0 Å². The number of rotatable bonds is 2. The number of halogens is 3. The molecule has 2 aromatic carbocycles. The fourth-order valence-electron chi connectivity index (χ4n) is 2.67. The number of aliphatic hydroxyl groups is 1. The Morgan fingerprint density at radius 3 is 2.44 bits per heavy atom. The Bertz CT molecular complexity index is 834. The van der Waals surface area contributed by atoms with Crippen molar-refractivity contribution in [3.8, 4) is 0 Å². The molecule has 1 N–H and O–H groups in total. The molecular weight excluding hydrogens is 333 g/mol. The highest BCUT2D eigenvalue weighted by molar-refractivity contribution is 6.05. The Balaban J connectivity index is 2.06. The maximum absolute atomic E-state index is 13.5. The summed E-state index contributed by atoms with van der Waals surface area (Å²) in [6.45, 7) is 1.72.